The Hall–Kier alpha value is -0.780. The van der Waals surface area contributed by atoms with Gasteiger partial charge in [-0.25, -0.2) is 13.1 Å². The predicted molar refractivity (Wildman–Crippen MR) is 87.0 cm³/mol. The minimum atomic E-state index is -3.63. The summed E-state index contributed by atoms with van der Waals surface area (Å²) in [6, 6.07) is 3.00. The number of benzene rings is 1. The average molecular weight is 331 g/mol. The van der Waals surface area contributed by atoms with Crippen LogP contribution in [0.2, 0.25) is 5.02 Å². The molecule has 2 rings (SSSR count). The highest BCUT2D eigenvalue weighted by molar-refractivity contribution is 7.89. The third-order valence-electron chi connectivity index (χ3n) is 4.27. The van der Waals surface area contributed by atoms with Crippen molar-refractivity contribution in [2.45, 2.75) is 57.4 Å². The fourth-order valence-corrected chi connectivity index (χ4v) is 4.60. The van der Waals surface area contributed by atoms with Gasteiger partial charge in [0.25, 0.3) is 0 Å². The lowest BCUT2D eigenvalue weighted by Gasteiger charge is -2.34. The van der Waals surface area contributed by atoms with Gasteiger partial charge in [0.15, 0.2) is 0 Å². The standard InChI is InChI=1S/C15H23ClN2O2S/c1-10-8-12(16)14(9-13(10)17)21(19,20)18-11-4-6-15(2,3)7-5-11/h8-9,11,18H,4-7,17H2,1-3H3. The van der Waals surface area contributed by atoms with Crippen LogP contribution < -0.4 is 10.5 Å². The van der Waals surface area contributed by atoms with E-state index in [0.717, 1.165) is 31.2 Å². The molecule has 1 saturated carbocycles. The first-order valence-electron chi connectivity index (χ1n) is 7.19. The number of hydrogen-bond acceptors (Lipinski definition) is 3. The smallest absolute Gasteiger partial charge is 0.242 e. The molecule has 6 heteroatoms. The molecule has 21 heavy (non-hydrogen) atoms. The Morgan fingerprint density at radius 2 is 1.86 bits per heavy atom. The lowest BCUT2D eigenvalue weighted by atomic mass is 9.76. The molecule has 0 bridgehead atoms. The van der Waals surface area contributed by atoms with Gasteiger partial charge in [-0.2, -0.15) is 0 Å². The van der Waals surface area contributed by atoms with Gasteiger partial charge < -0.3 is 5.73 Å². The van der Waals surface area contributed by atoms with Gasteiger partial charge in [0.2, 0.25) is 10.0 Å². The van der Waals surface area contributed by atoms with Crippen LogP contribution in [0.15, 0.2) is 17.0 Å². The fraction of sp³-hybridized carbons (Fsp3) is 0.600. The second kappa shape index (κ2) is 5.78. The number of sulfonamides is 1. The van der Waals surface area contributed by atoms with Gasteiger partial charge in [0.1, 0.15) is 4.90 Å². The number of halogens is 1. The van der Waals surface area contributed by atoms with Crippen LogP contribution in [0, 0.1) is 12.3 Å². The van der Waals surface area contributed by atoms with Crippen molar-refractivity contribution in [2.24, 2.45) is 5.41 Å². The van der Waals surface area contributed by atoms with Crippen molar-refractivity contribution in [3.05, 3.63) is 22.7 Å². The van der Waals surface area contributed by atoms with E-state index in [2.05, 4.69) is 18.6 Å². The lowest BCUT2D eigenvalue weighted by molar-refractivity contribution is 0.218. The zero-order chi connectivity index (χ0) is 15.8. The van der Waals surface area contributed by atoms with Gasteiger partial charge in [0.05, 0.1) is 5.02 Å². The molecule has 0 amide bonds. The summed E-state index contributed by atoms with van der Waals surface area (Å²) in [5, 5.41) is 0.213. The monoisotopic (exact) mass is 330 g/mol. The Bertz CT molecular complexity index is 631. The second-order valence-corrected chi connectivity index (χ2v) is 8.79. The van der Waals surface area contributed by atoms with Crippen molar-refractivity contribution in [3.8, 4) is 0 Å². The predicted octanol–water partition coefficient (Wildman–Crippen LogP) is 3.48. The summed E-state index contributed by atoms with van der Waals surface area (Å²) in [6.45, 7) is 6.23. The largest absolute Gasteiger partial charge is 0.398 e. The van der Waals surface area contributed by atoms with Crippen LogP contribution in [0.4, 0.5) is 5.69 Å². The summed E-state index contributed by atoms with van der Waals surface area (Å²) < 4.78 is 27.8. The van der Waals surface area contributed by atoms with Crippen molar-refractivity contribution in [1.82, 2.24) is 4.72 Å². The SMILES string of the molecule is Cc1cc(Cl)c(S(=O)(=O)NC2CCC(C)(C)CC2)cc1N. The molecule has 118 valence electrons. The first-order valence-corrected chi connectivity index (χ1v) is 9.05. The van der Waals surface area contributed by atoms with Gasteiger partial charge in [-0.15, -0.1) is 0 Å². The van der Waals surface area contributed by atoms with Gasteiger partial charge in [0, 0.05) is 11.7 Å². The maximum atomic E-state index is 12.5. The molecule has 1 aromatic carbocycles. The third-order valence-corrected chi connectivity index (χ3v) is 6.26. The number of hydrogen-bond donors (Lipinski definition) is 2. The van der Waals surface area contributed by atoms with Crippen molar-refractivity contribution in [2.75, 3.05) is 5.73 Å². The van der Waals surface area contributed by atoms with Crippen LogP contribution in [0.5, 0.6) is 0 Å². The van der Waals surface area contributed by atoms with Gasteiger partial charge in [-0.3, -0.25) is 0 Å². The highest BCUT2D eigenvalue weighted by atomic mass is 35.5. The van der Waals surface area contributed by atoms with Crippen molar-refractivity contribution >= 4 is 27.3 Å². The van der Waals surface area contributed by atoms with E-state index in [1.807, 2.05) is 0 Å². The van der Waals surface area contributed by atoms with E-state index in [4.69, 9.17) is 17.3 Å². The molecule has 0 unspecified atom stereocenters. The molecule has 1 aliphatic carbocycles. The lowest BCUT2D eigenvalue weighted by Crippen LogP contribution is -2.39. The first kappa shape index (κ1) is 16.6. The van der Waals surface area contributed by atoms with Crippen LogP contribution >= 0.6 is 11.6 Å². The quantitative estimate of drug-likeness (QED) is 0.833. The maximum absolute atomic E-state index is 12.5. The minimum Gasteiger partial charge on any atom is -0.398 e. The van der Waals surface area contributed by atoms with Crippen LogP contribution in [-0.2, 0) is 10.0 Å². The summed E-state index contributed by atoms with van der Waals surface area (Å²) in [4.78, 5) is 0.0668. The van der Waals surface area contributed by atoms with Gasteiger partial charge in [-0.05, 0) is 55.7 Å². The Kier molecular flexibility index (Phi) is 4.57. The second-order valence-electron chi connectivity index (χ2n) is 6.70. The highest BCUT2D eigenvalue weighted by Gasteiger charge is 2.30. The molecule has 3 N–H and O–H groups in total. The molecular formula is C15H23ClN2O2S. The van der Waals surface area contributed by atoms with E-state index in [0.29, 0.717) is 11.1 Å². The number of aryl methyl sites for hydroxylation is 1. The van der Waals surface area contributed by atoms with Crippen molar-refractivity contribution in [3.63, 3.8) is 0 Å². The Morgan fingerprint density at radius 3 is 2.43 bits per heavy atom. The zero-order valence-electron chi connectivity index (χ0n) is 12.7. The first-order chi connectivity index (χ1) is 9.61. The van der Waals surface area contributed by atoms with Crippen LogP contribution in [0.1, 0.15) is 45.1 Å². The molecular weight excluding hydrogens is 308 g/mol. The Morgan fingerprint density at radius 1 is 1.29 bits per heavy atom. The molecule has 0 spiro atoms. The number of nitrogens with two attached hydrogens (primary N) is 1. The zero-order valence-corrected chi connectivity index (χ0v) is 14.3. The highest BCUT2D eigenvalue weighted by Crippen LogP contribution is 2.36. The van der Waals surface area contributed by atoms with Crippen LogP contribution in [0.3, 0.4) is 0 Å². The van der Waals surface area contributed by atoms with E-state index in [1.165, 1.54) is 6.07 Å². The van der Waals surface area contributed by atoms with E-state index >= 15 is 0 Å². The van der Waals surface area contributed by atoms with Gasteiger partial charge in [-0.1, -0.05) is 25.4 Å². The van der Waals surface area contributed by atoms with E-state index in [1.54, 1.807) is 13.0 Å². The topological polar surface area (TPSA) is 72.2 Å². The van der Waals surface area contributed by atoms with Crippen molar-refractivity contribution in [1.29, 1.82) is 0 Å². The molecule has 0 heterocycles. The normalized spacial score (nSPS) is 19.6. The Balaban J connectivity index is 2.18. The number of nitrogens with one attached hydrogen (secondary N) is 1. The van der Waals surface area contributed by atoms with Crippen LogP contribution in [-0.4, -0.2) is 14.5 Å². The van der Waals surface area contributed by atoms with Crippen LogP contribution in [0.25, 0.3) is 0 Å². The molecule has 0 saturated heterocycles. The summed E-state index contributed by atoms with van der Waals surface area (Å²) in [5.74, 6) is 0. The molecule has 1 aromatic rings. The maximum Gasteiger partial charge on any atom is 0.242 e. The van der Waals surface area contributed by atoms with Crippen molar-refractivity contribution < 1.29 is 8.42 Å². The summed E-state index contributed by atoms with van der Waals surface area (Å²) in [6.07, 6.45) is 3.74. The van der Waals surface area contributed by atoms with E-state index in [9.17, 15) is 8.42 Å². The van der Waals surface area contributed by atoms with E-state index < -0.39 is 10.0 Å². The van der Waals surface area contributed by atoms with E-state index in [-0.39, 0.29) is 16.0 Å². The molecule has 1 fully saturated rings. The number of anilines is 1. The third kappa shape index (κ3) is 3.90. The molecule has 4 nitrogen and oxygen atoms in total. The molecule has 0 atom stereocenters. The summed E-state index contributed by atoms with van der Waals surface area (Å²) in [7, 11) is -3.63. The fourth-order valence-electron chi connectivity index (χ4n) is 2.67. The summed E-state index contributed by atoms with van der Waals surface area (Å²) >= 11 is 6.07. The minimum absolute atomic E-state index is 0.0263. The Labute approximate surface area is 132 Å². The number of rotatable bonds is 3. The number of nitrogen functional groups attached to an aromatic ring is 1. The molecule has 0 aliphatic heterocycles. The molecule has 1 aliphatic rings. The average Bonchev–Trinajstić information content (AvgIpc) is 2.36. The molecule has 0 aromatic heterocycles. The molecule has 0 radical (unpaired) electrons. The van der Waals surface area contributed by atoms with Gasteiger partial charge >= 0.3 is 0 Å². The summed E-state index contributed by atoms with van der Waals surface area (Å²) in [5.41, 5.74) is 7.31.